The van der Waals surface area contributed by atoms with E-state index in [-0.39, 0.29) is 0 Å². The standard InChI is InChI=1S/C29H29N5O/c1-21-16-23(17-30)11-14-28(21)34(19-25-18-32-20-33(25)2)15-5-6-22-9-12-24(13-10-22)26-7-3-4-8-27(26)29(31)35/h3-4,7-14,16,18,20H,5-6,15,19H2,1-2H3,(H2,31,35). The molecule has 0 saturated heterocycles. The number of carbonyl (C=O) groups is 1. The molecule has 1 amide bonds. The Balaban J connectivity index is 1.47. The second-order valence-corrected chi connectivity index (χ2v) is 8.74. The van der Waals surface area contributed by atoms with Crippen molar-refractivity contribution in [2.45, 2.75) is 26.3 Å². The van der Waals surface area contributed by atoms with Crippen LogP contribution in [-0.2, 0) is 20.0 Å². The smallest absolute Gasteiger partial charge is 0.249 e. The van der Waals surface area contributed by atoms with Gasteiger partial charge in [-0.15, -0.1) is 0 Å². The Kier molecular flexibility index (Phi) is 7.27. The third-order valence-electron chi connectivity index (χ3n) is 6.29. The molecule has 0 saturated carbocycles. The molecule has 0 spiro atoms. The molecule has 6 heteroatoms. The lowest BCUT2D eigenvalue weighted by molar-refractivity contribution is 0.100. The van der Waals surface area contributed by atoms with E-state index in [1.807, 2.05) is 60.5 Å². The molecule has 0 bridgehead atoms. The number of carbonyl (C=O) groups excluding carboxylic acids is 1. The summed E-state index contributed by atoms with van der Waals surface area (Å²) in [5.74, 6) is -0.420. The fourth-order valence-electron chi connectivity index (χ4n) is 4.37. The zero-order valence-electron chi connectivity index (χ0n) is 20.1. The maximum Gasteiger partial charge on any atom is 0.249 e. The van der Waals surface area contributed by atoms with E-state index in [0.29, 0.717) is 11.1 Å². The summed E-state index contributed by atoms with van der Waals surface area (Å²) in [4.78, 5) is 18.4. The Morgan fingerprint density at radius 2 is 1.89 bits per heavy atom. The summed E-state index contributed by atoms with van der Waals surface area (Å²) >= 11 is 0. The fraction of sp³-hybridized carbons (Fsp3) is 0.207. The van der Waals surface area contributed by atoms with Crippen LogP contribution in [0.1, 0.15) is 39.2 Å². The first-order valence-corrected chi connectivity index (χ1v) is 11.7. The summed E-state index contributed by atoms with van der Waals surface area (Å²) in [5.41, 5.74) is 13.2. The van der Waals surface area contributed by atoms with Crippen LogP contribution >= 0.6 is 0 Å². The second kappa shape index (κ2) is 10.7. The van der Waals surface area contributed by atoms with Crippen molar-refractivity contribution >= 4 is 11.6 Å². The Labute approximate surface area is 206 Å². The van der Waals surface area contributed by atoms with Crippen LogP contribution in [0.15, 0.2) is 79.3 Å². The van der Waals surface area contributed by atoms with E-state index in [2.05, 4.69) is 47.1 Å². The van der Waals surface area contributed by atoms with Gasteiger partial charge in [0.05, 0.1) is 30.2 Å². The van der Waals surface area contributed by atoms with Gasteiger partial charge in [-0.3, -0.25) is 4.79 Å². The lowest BCUT2D eigenvalue weighted by atomic mass is 9.97. The van der Waals surface area contributed by atoms with Gasteiger partial charge in [0.25, 0.3) is 0 Å². The van der Waals surface area contributed by atoms with Crippen LogP contribution in [0.3, 0.4) is 0 Å². The minimum absolute atomic E-state index is 0.420. The quantitative estimate of drug-likeness (QED) is 0.378. The number of benzene rings is 3. The molecule has 35 heavy (non-hydrogen) atoms. The number of nitrogens with two attached hydrogens (primary N) is 1. The average Bonchev–Trinajstić information content (AvgIpc) is 3.28. The van der Waals surface area contributed by atoms with Crippen LogP contribution in [0.5, 0.6) is 0 Å². The number of rotatable bonds is 9. The third-order valence-corrected chi connectivity index (χ3v) is 6.29. The van der Waals surface area contributed by atoms with E-state index in [1.54, 1.807) is 6.07 Å². The topological polar surface area (TPSA) is 87.9 Å². The van der Waals surface area contributed by atoms with Crippen molar-refractivity contribution in [1.29, 1.82) is 5.26 Å². The maximum absolute atomic E-state index is 11.8. The Bertz CT molecular complexity index is 1360. The van der Waals surface area contributed by atoms with E-state index in [4.69, 9.17) is 5.73 Å². The first kappa shape index (κ1) is 23.8. The molecule has 6 nitrogen and oxygen atoms in total. The molecular formula is C29H29N5O. The number of nitriles is 1. The lowest BCUT2D eigenvalue weighted by Crippen LogP contribution is -2.26. The number of amides is 1. The van der Waals surface area contributed by atoms with Crippen molar-refractivity contribution < 1.29 is 4.79 Å². The number of nitrogens with zero attached hydrogens (tertiary/aromatic N) is 4. The minimum Gasteiger partial charge on any atom is -0.366 e. The van der Waals surface area contributed by atoms with E-state index in [0.717, 1.165) is 54.0 Å². The molecule has 0 aliphatic carbocycles. The fourth-order valence-corrected chi connectivity index (χ4v) is 4.37. The van der Waals surface area contributed by atoms with Crippen molar-refractivity contribution in [3.8, 4) is 17.2 Å². The zero-order valence-corrected chi connectivity index (χ0v) is 20.1. The predicted molar refractivity (Wildman–Crippen MR) is 139 cm³/mol. The van der Waals surface area contributed by atoms with Crippen LogP contribution < -0.4 is 10.6 Å². The maximum atomic E-state index is 11.8. The van der Waals surface area contributed by atoms with Gasteiger partial charge < -0.3 is 15.2 Å². The summed E-state index contributed by atoms with van der Waals surface area (Å²) in [6.07, 6.45) is 5.61. The molecule has 2 N–H and O–H groups in total. The lowest BCUT2D eigenvalue weighted by Gasteiger charge is -2.27. The molecule has 1 heterocycles. The van der Waals surface area contributed by atoms with E-state index >= 15 is 0 Å². The highest BCUT2D eigenvalue weighted by molar-refractivity contribution is 5.99. The molecule has 0 aliphatic rings. The van der Waals surface area contributed by atoms with Gasteiger partial charge in [-0.2, -0.15) is 5.26 Å². The van der Waals surface area contributed by atoms with Crippen LogP contribution in [0, 0.1) is 18.3 Å². The SMILES string of the molecule is Cc1cc(C#N)ccc1N(CCCc1ccc(-c2ccccc2C(N)=O)cc1)Cc1cncn1C. The number of primary amides is 1. The monoisotopic (exact) mass is 463 g/mol. The third kappa shape index (κ3) is 5.59. The molecule has 0 unspecified atom stereocenters. The van der Waals surface area contributed by atoms with Gasteiger partial charge in [0.2, 0.25) is 5.91 Å². The van der Waals surface area contributed by atoms with Gasteiger partial charge in [-0.1, -0.05) is 42.5 Å². The average molecular weight is 464 g/mol. The number of anilines is 1. The predicted octanol–water partition coefficient (Wildman–Crippen LogP) is 5.01. The summed E-state index contributed by atoms with van der Waals surface area (Å²) in [5, 5.41) is 9.24. The molecule has 0 radical (unpaired) electrons. The summed E-state index contributed by atoms with van der Waals surface area (Å²) in [6.45, 7) is 3.66. The number of hydrogen-bond donors (Lipinski definition) is 1. The second-order valence-electron chi connectivity index (χ2n) is 8.74. The van der Waals surface area contributed by atoms with E-state index in [1.165, 1.54) is 5.56 Å². The van der Waals surface area contributed by atoms with Gasteiger partial charge in [-0.05, 0) is 66.3 Å². The summed E-state index contributed by atoms with van der Waals surface area (Å²) in [6, 6.07) is 23.8. The molecule has 4 aromatic rings. The molecule has 0 atom stereocenters. The van der Waals surface area contributed by atoms with Crippen LogP contribution in [0.2, 0.25) is 0 Å². The van der Waals surface area contributed by atoms with Crippen molar-refractivity contribution in [2.24, 2.45) is 12.8 Å². The number of aryl methyl sites for hydroxylation is 3. The van der Waals surface area contributed by atoms with Gasteiger partial charge in [0.1, 0.15) is 0 Å². The van der Waals surface area contributed by atoms with Gasteiger partial charge in [0, 0.05) is 31.0 Å². The minimum atomic E-state index is -0.420. The van der Waals surface area contributed by atoms with Crippen LogP contribution in [0.25, 0.3) is 11.1 Å². The first-order chi connectivity index (χ1) is 17.0. The van der Waals surface area contributed by atoms with Crippen molar-refractivity contribution in [3.63, 3.8) is 0 Å². The Hall–Kier alpha value is -4.37. The van der Waals surface area contributed by atoms with E-state index in [9.17, 15) is 10.1 Å². The molecular weight excluding hydrogens is 434 g/mol. The number of aromatic nitrogens is 2. The van der Waals surface area contributed by atoms with Gasteiger partial charge in [0.15, 0.2) is 0 Å². The normalized spacial score (nSPS) is 10.7. The van der Waals surface area contributed by atoms with Crippen LogP contribution in [-0.4, -0.2) is 22.0 Å². The highest BCUT2D eigenvalue weighted by Gasteiger charge is 2.13. The first-order valence-electron chi connectivity index (χ1n) is 11.7. The molecule has 0 fully saturated rings. The molecule has 3 aromatic carbocycles. The van der Waals surface area contributed by atoms with E-state index < -0.39 is 5.91 Å². The summed E-state index contributed by atoms with van der Waals surface area (Å²) in [7, 11) is 2.00. The highest BCUT2D eigenvalue weighted by Crippen LogP contribution is 2.26. The number of imidazole rings is 1. The van der Waals surface area contributed by atoms with Crippen molar-refractivity contribution in [3.05, 3.63) is 107 Å². The zero-order chi connectivity index (χ0) is 24.8. The summed E-state index contributed by atoms with van der Waals surface area (Å²) < 4.78 is 2.04. The Morgan fingerprint density at radius 3 is 2.54 bits per heavy atom. The van der Waals surface area contributed by atoms with Crippen LogP contribution in [0.4, 0.5) is 5.69 Å². The Morgan fingerprint density at radius 1 is 1.11 bits per heavy atom. The molecule has 4 rings (SSSR count). The molecule has 1 aromatic heterocycles. The van der Waals surface area contributed by atoms with Gasteiger partial charge >= 0.3 is 0 Å². The van der Waals surface area contributed by atoms with Crippen molar-refractivity contribution in [1.82, 2.24) is 9.55 Å². The molecule has 176 valence electrons. The van der Waals surface area contributed by atoms with Gasteiger partial charge in [-0.25, -0.2) is 4.98 Å². The largest absolute Gasteiger partial charge is 0.366 e. The molecule has 0 aliphatic heterocycles. The highest BCUT2D eigenvalue weighted by atomic mass is 16.1. The number of hydrogen-bond acceptors (Lipinski definition) is 4. The van der Waals surface area contributed by atoms with Crippen molar-refractivity contribution in [2.75, 3.05) is 11.4 Å².